The zero-order valence-corrected chi connectivity index (χ0v) is 15.1. The fourth-order valence-corrected chi connectivity index (χ4v) is 2.19. The molecule has 24 heavy (non-hydrogen) atoms. The summed E-state index contributed by atoms with van der Waals surface area (Å²) in [6, 6.07) is 7.70. The average Bonchev–Trinajstić information content (AvgIpc) is 2.61. The van der Waals surface area contributed by atoms with E-state index in [0.29, 0.717) is 12.2 Å². The normalized spacial score (nSPS) is 9.25. The summed E-state index contributed by atoms with van der Waals surface area (Å²) in [5.41, 5.74) is 1.97. The van der Waals surface area contributed by atoms with E-state index in [2.05, 4.69) is 23.8 Å². The number of carbonyl (C=O) groups excluding carboxylic acids is 2. The van der Waals surface area contributed by atoms with Gasteiger partial charge in [-0.3, -0.25) is 0 Å². The van der Waals surface area contributed by atoms with E-state index in [1.807, 2.05) is 24.3 Å². The second-order valence-corrected chi connectivity index (χ2v) is 5.71. The highest BCUT2D eigenvalue weighted by molar-refractivity contribution is 5.49. The Balaban J connectivity index is 0.000000449. The molecule has 0 atom stereocenters. The number of nitrogens with zero attached hydrogens (tertiary/aromatic N) is 2. The molecule has 1 aromatic rings. The van der Waals surface area contributed by atoms with Gasteiger partial charge in [-0.15, -0.1) is 0 Å². The molecule has 4 heteroatoms. The van der Waals surface area contributed by atoms with Gasteiger partial charge in [0.1, 0.15) is 0 Å². The lowest BCUT2D eigenvalue weighted by atomic mass is 10.1. The molecule has 0 N–H and O–H groups in total. The van der Waals surface area contributed by atoms with Gasteiger partial charge in [0.05, 0.1) is 12.2 Å². The molecule has 4 nitrogen and oxygen atoms in total. The highest BCUT2D eigenvalue weighted by Crippen LogP contribution is 2.13. The summed E-state index contributed by atoms with van der Waals surface area (Å²) in [4.78, 5) is 26.6. The molecule has 0 radical (unpaired) electrons. The van der Waals surface area contributed by atoms with Crippen molar-refractivity contribution < 1.29 is 9.59 Å². The Kier molecular flexibility index (Phi) is 15.9. The molecular weight excluding hydrogens is 300 g/mol. The maximum Gasteiger partial charge on any atom is 0.240 e. The molecular formula is C20H30N2O2. The van der Waals surface area contributed by atoms with Gasteiger partial charge in [-0.05, 0) is 37.0 Å². The van der Waals surface area contributed by atoms with E-state index in [0.717, 1.165) is 12.8 Å². The van der Waals surface area contributed by atoms with Crippen LogP contribution in [0.15, 0.2) is 34.3 Å². The van der Waals surface area contributed by atoms with E-state index in [1.54, 1.807) is 6.08 Å². The van der Waals surface area contributed by atoms with Crippen LogP contribution in [-0.2, 0) is 16.0 Å². The predicted molar refractivity (Wildman–Crippen MR) is 99.2 cm³/mol. The van der Waals surface area contributed by atoms with Crippen LogP contribution in [0.2, 0.25) is 0 Å². The van der Waals surface area contributed by atoms with Crippen molar-refractivity contribution in [1.29, 1.82) is 0 Å². The summed E-state index contributed by atoms with van der Waals surface area (Å²) >= 11 is 0. The summed E-state index contributed by atoms with van der Waals surface area (Å²) in [7, 11) is 0. The topological polar surface area (TPSA) is 58.9 Å². The molecule has 0 bridgehead atoms. The van der Waals surface area contributed by atoms with E-state index in [4.69, 9.17) is 0 Å². The van der Waals surface area contributed by atoms with Crippen molar-refractivity contribution in [2.75, 3.05) is 6.54 Å². The summed E-state index contributed by atoms with van der Waals surface area (Å²) in [5.74, 6) is 0. The molecule has 132 valence electrons. The molecule has 0 amide bonds. The Hall–Kier alpha value is -2.02. The van der Waals surface area contributed by atoms with Crippen molar-refractivity contribution in [3.05, 3.63) is 29.8 Å². The van der Waals surface area contributed by atoms with Gasteiger partial charge in [-0.2, -0.15) is 4.99 Å². The van der Waals surface area contributed by atoms with Gasteiger partial charge in [0, 0.05) is 0 Å². The van der Waals surface area contributed by atoms with Gasteiger partial charge in [0.15, 0.2) is 0 Å². The van der Waals surface area contributed by atoms with Crippen LogP contribution in [0.5, 0.6) is 0 Å². The number of isocyanates is 2. The molecule has 0 aliphatic carbocycles. The Bertz CT molecular complexity index is 499. The van der Waals surface area contributed by atoms with E-state index in [-0.39, 0.29) is 0 Å². The van der Waals surface area contributed by atoms with Crippen molar-refractivity contribution in [2.45, 2.75) is 71.6 Å². The quantitative estimate of drug-likeness (QED) is 0.298. The number of hydrogen-bond donors (Lipinski definition) is 0. The van der Waals surface area contributed by atoms with Gasteiger partial charge < -0.3 is 0 Å². The lowest BCUT2D eigenvalue weighted by molar-refractivity contribution is 0.560. The largest absolute Gasteiger partial charge is 0.240 e. The molecule has 1 rings (SSSR count). The summed E-state index contributed by atoms with van der Waals surface area (Å²) in [6.45, 7) is 5.04. The molecule has 0 saturated carbocycles. The zero-order chi connectivity index (χ0) is 17.9. The second kappa shape index (κ2) is 17.3. The number of hydrogen-bond acceptors (Lipinski definition) is 4. The lowest BCUT2D eigenvalue weighted by Gasteiger charge is -1.98. The third-order valence-corrected chi connectivity index (χ3v) is 3.62. The zero-order valence-electron chi connectivity index (χ0n) is 15.1. The molecule has 0 fully saturated rings. The SMILES string of the molecule is CCCCCCCCN=C=O.CCCCc1ccc(N=C=O)cc1. The van der Waals surface area contributed by atoms with Gasteiger partial charge in [-0.25, -0.2) is 14.6 Å². The minimum Gasteiger partial charge on any atom is -0.211 e. The maximum atomic E-state index is 9.94. The van der Waals surface area contributed by atoms with E-state index >= 15 is 0 Å². The first kappa shape index (κ1) is 22.0. The fraction of sp³-hybridized carbons (Fsp3) is 0.600. The number of aryl methyl sites for hydroxylation is 1. The number of aliphatic imine (C=N–C) groups is 2. The van der Waals surface area contributed by atoms with E-state index < -0.39 is 0 Å². The molecule has 0 heterocycles. The van der Waals surface area contributed by atoms with Crippen LogP contribution in [0.4, 0.5) is 5.69 Å². The third-order valence-electron chi connectivity index (χ3n) is 3.62. The highest BCUT2D eigenvalue weighted by atomic mass is 16.1. The molecule has 0 saturated heterocycles. The number of rotatable bonds is 11. The van der Waals surface area contributed by atoms with Crippen molar-refractivity contribution in [2.24, 2.45) is 9.98 Å². The average molecular weight is 330 g/mol. The van der Waals surface area contributed by atoms with Gasteiger partial charge in [-0.1, -0.05) is 64.5 Å². The highest BCUT2D eigenvalue weighted by Gasteiger charge is 1.92. The number of benzene rings is 1. The third kappa shape index (κ3) is 13.6. The molecule has 0 aromatic heterocycles. The lowest BCUT2D eigenvalue weighted by Crippen LogP contribution is -1.82. The first-order valence-electron chi connectivity index (χ1n) is 8.98. The van der Waals surface area contributed by atoms with Crippen LogP contribution in [-0.4, -0.2) is 18.7 Å². The Morgan fingerprint density at radius 2 is 1.42 bits per heavy atom. The first-order valence-corrected chi connectivity index (χ1v) is 8.98. The minimum absolute atomic E-state index is 0.662. The summed E-state index contributed by atoms with van der Waals surface area (Å²) in [6.07, 6.45) is 14.0. The molecule has 0 aliphatic heterocycles. The molecule has 0 aliphatic rings. The second-order valence-electron chi connectivity index (χ2n) is 5.71. The first-order chi connectivity index (χ1) is 11.8. The van der Waals surface area contributed by atoms with Crippen molar-refractivity contribution in [3.63, 3.8) is 0 Å². The molecule has 0 spiro atoms. The number of unbranched alkanes of at least 4 members (excludes halogenated alkanes) is 6. The predicted octanol–water partition coefficient (Wildman–Crippen LogP) is 5.68. The summed E-state index contributed by atoms with van der Waals surface area (Å²) < 4.78 is 0. The fourth-order valence-electron chi connectivity index (χ4n) is 2.19. The van der Waals surface area contributed by atoms with E-state index in [1.165, 1.54) is 56.6 Å². The Labute approximate surface area is 146 Å². The smallest absolute Gasteiger partial charge is 0.211 e. The Morgan fingerprint density at radius 3 is 2.00 bits per heavy atom. The standard InChI is InChI=1S/C11H13NO.C9H17NO/c1-2-3-4-10-5-7-11(8-6-10)12-9-13;1-2-3-4-5-6-7-8-10-9-11/h5-8H,2-4H2,1H3;2-8H2,1H3. The molecule has 0 unspecified atom stereocenters. The monoisotopic (exact) mass is 330 g/mol. The van der Waals surface area contributed by atoms with Crippen LogP contribution in [0, 0.1) is 0 Å². The van der Waals surface area contributed by atoms with Crippen molar-refractivity contribution in [1.82, 2.24) is 0 Å². The van der Waals surface area contributed by atoms with Crippen LogP contribution in [0.3, 0.4) is 0 Å². The Morgan fingerprint density at radius 1 is 0.792 bits per heavy atom. The van der Waals surface area contributed by atoms with Crippen LogP contribution >= 0.6 is 0 Å². The maximum absolute atomic E-state index is 9.94. The van der Waals surface area contributed by atoms with Gasteiger partial charge >= 0.3 is 0 Å². The summed E-state index contributed by atoms with van der Waals surface area (Å²) in [5, 5.41) is 0. The van der Waals surface area contributed by atoms with Crippen LogP contribution in [0.25, 0.3) is 0 Å². The van der Waals surface area contributed by atoms with Crippen molar-refractivity contribution in [3.8, 4) is 0 Å². The van der Waals surface area contributed by atoms with E-state index in [9.17, 15) is 9.59 Å². The van der Waals surface area contributed by atoms with Crippen LogP contribution in [0.1, 0.15) is 70.8 Å². The molecule has 1 aromatic carbocycles. The van der Waals surface area contributed by atoms with Gasteiger partial charge in [0.25, 0.3) is 0 Å². The minimum atomic E-state index is 0.662. The van der Waals surface area contributed by atoms with Crippen LogP contribution < -0.4 is 0 Å². The van der Waals surface area contributed by atoms with Gasteiger partial charge in [0.2, 0.25) is 12.2 Å². The van der Waals surface area contributed by atoms with Crippen molar-refractivity contribution >= 4 is 17.8 Å².